The van der Waals surface area contributed by atoms with Gasteiger partial charge in [-0.05, 0) is 13.0 Å². The van der Waals surface area contributed by atoms with Crippen LogP contribution in [0.25, 0.3) is 0 Å². The Hall–Kier alpha value is -0.130. The molecule has 1 atom stereocenters. The third kappa shape index (κ3) is 4.04. The Morgan fingerprint density at radius 2 is 2.25 bits per heavy atom. The van der Waals surface area contributed by atoms with E-state index in [0.29, 0.717) is 6.61 Å². The van der Waals surface area contributed by atoms with Crippen molar-refractivity contribution in [3.63, 3.8) is 0 Å². The minimum Gasteiger partial charge on any atom is -0.376 e. The highest BCUT2D eigenvalue weighted by atomic mass is 32.2. The van der Waals surface area contributed by atoms with E-state index in [9.17, 15) is 8.42 Å². The molecule has 0 aromatic carbocycles. The molecule has 1 N–H and O–H groups in total. The van der Waals surface area contributed by atoms with Crippen LogP contribution in [0.4, 0.5) is 0 Å². The molecule has 0 radical (unpaired) electrons. The molecule has 1 fully saturated rings. The Bertz CT molecular complexity index is 217. The van der Waals surface area contributed by atoms with E-state index in [2.05, 4.69) is 5.32 Å². The molecule has 0 aliphatic carbocycles. The van der Waals surface area contributed by atoms with Crippen LogP contribution < -0.4 is 5.32 Å². The first-order valence-electron chi connectivity index (χ1n) is 4.08. The van der Waals surface area contributed by atoms with Crippen molar-refractivity contribution in [1.29, 1.82) is 0 Å². The normalized spacial score (nSPS) is 26.6. The van der Waals surface area contributed by atoms with Gasteiger partial charge in [0, 0.05) is 12.8 Å². The quantitative estimate of drug-likeness (QED) is 0.637. The van der Waals surface area contributed by atoms with E-state index in [-0.39, 0.29) is 11.9 Å². The Morgan fingerprint density at radius 3 is 2.92 bits per heavy atom. The van der Waals surface area contributed by atoms with E-state index < -0.39 is 9.84 Å². The lowest BCUT2D eigenvalue weighted by atomic mass is 10.3. The number of hydrogen-bond donors (Lipinski definition) is 1. The molecule has 4 nitrogen and oxygen atoms in total. The van der Waals surface area contributed by atoms with Gasteiger partial charge in [-0.3, -0.25) is 0 Å². The van der Waals surface area contributed by atoms with E-state index in [1.165, 1.54) is 6.26 Å². The summed E-state index contributed by atoms with van der Waals surface area (Å²) in [7, 11) is -2.89. The van der Waals surface area contributed by atoms with Crippen LogP contribution in [-0.4, -0.2) is 46.2 Å². The molecule has 0 aromatic rings. The fourth-order valence-corrected chi connectivity index (χ4v) is 2.18. The van der Waals surface area contributed by atoms with Gasteiger partial charge in [-0.15, -0.1) is 0 Å². The van der Waals surface area contributed by atoms with Crippen LogP contribution in [0.1, 0.15) is 6.42 Å². The lowest BCUT2D eigenvalue weighted by Crippen LogP contribution is -2.23. The average Bonchev–Trinajstić information content (AvgIpc) is 2.12. The Morgan fingerprint density at radius 1 is 1.50 bits per heavy atom. The number of ether oxygens (including phenoxy) is 1. The molecule has 0 bridgehead atoms. The summed E-state index contributed by atoms with van der Waals surface area (Å²) in [5.74, 6) is 0.147. The second kappa shape index (κ2) is 4.20. The van der Waals surface area contributed by atoms with Gasteiger partial charge in [-0.1, -0.05) is 0 Å². The van der Waals surface area contributed by atoms with E-state index in [1.54, 1.807) is 0 Å². The van der Waals surface area contributed by atoms with Gasteiger partial charge in [0.2, 0.25) is 0 Å². The third-order valence-corrected chi connectivity index (χ3v) is 2.74. The first-order chi connectivity index (χ1) is 5.58. The van der Waals surface area contributed by atoms with Crippen molar-refractivity contribution in [1.82, 2.24) is 5.32 Å². The summed E-state index contributed by atoms with van der Waals surface area (Å²) in [6, 6.07) is 0. The zero-order valence-electron chi connectivity index (χ0n) is 7.25. The summed E-state index contributed by atoms with van der Waals surface area (Å²) in [5, 5.41) is 3.14. The van der Waals surface area contributed by atoms with Crippen molar-refractivity contribution >= 4 is 9.84 Å². The Balaban J connectivity index is 2.40. The van der Waals surface area contributed by atoms with Crippen LogP contribution in [0.3, 0.4) is 0 Å². The topological polar surface area (TPSA) is 55.4 Å². The summed E-state index contributed by atoms with van der Waals surface area (Å²) in [6.45, 7) is 2.28. The van der Waals surface area contributed by atoms with Gasteiger partial charge < -0.3 is 10.1 Å². The molecule has 1 aliphatic heterocycles. The van der Waals surface area contributed by atoms with Crippen LogP contribution >= 0.6 is 0 Å². The van der Waals surface area contributed by atoms with Crippen LogP contribution in [-0.2, 0) is 14.6 Å². The van der Waals surface area contributed by atoms with Gasteiger partial charge >= 0.3 is 0 Å². The molecule has 0 amide bonds. The zero-order valence-corrected chi connectivity index (χ0v) is 8.06. The smallest absolute Gasteiger partial charge is 0.150 e. The van der Waals surface area contributed by atoms with Crippen LogP contribution in [0.2, 0.25) is 0 Å². The first kappa shape index (κ1) is 9.95. The van der Waals surface area contributed by atoms with Gasteiger partial charge in [0.05, 0.1) is 18.5 Å². The van der Waals surface area contributed by atoms with Crippen molar-refractivity contribution in [2.24, 2.45) is 0 Å². The summed E-state index contributed by atoms with van der Waals surface area (Å²) >= 11 is 0. The highest BCUT2D eigenvalue weighted by Crippen LogP contribution is 2.03. The molecular formula is C7H15NO3S. The molecule has 5 heteroatoms. The van der Waals surface area contributed by atoms with Crippen LogP contribution in [0.5, 0.6) is 0 Å². The summed E-state index contributed by atoms with van der Waals surface area (Å²) in [4.78, 5) is 0. The number of sulfone groups is 1. The molecule has 72 valence electrons. The van der Waals surface area contributed by atoms with Gasteiger partial charge in [0.25, 0.3) is 0 Å². The fourth-order valence-electron chi connectivity index (χ4n) is 1.24. The fraction of sp³-hybridized carbons (Fsp3) is 1.00. The minimum absolute atomic E-state index is 0.116. The minimum atomic E-state index is -2.89. The second-order valence-corrected chi connectivity index (χ2v) is 5.31. The van der Waals surface area contributed by atoms with Crippen molar-refractivity contribution < 1.29 is 13.2 Å². The molecule has 1 unspecified atom stereocenters. The molecule has 1 aliphatic rings. The lowest BCUT2D eigenvalue weighted by molar-refractivity contribution is 0.0805. The molecule has 1 saturated heterocycles. The summed E-state index contributed by atoms with van der Waals surface area (Å²) in [6.07, 6.45) is 1.91. The van der Waals surface area contributed by atoms with Crippen molar-refractivity contribution in [3.05, 3.63) is 0 Å². The van der Waals surface area contributed by atoms with E-state index in [4.69, 9.17) is 4.74 Å². The maximum atomic E-state index is 10.9. The third-order valence-electron chi connectivity index (χ3n) is 1.76. The zero-order chi connectivity index (χ0) is 9.03. The Kier molecular flexibility index (Phi) is 3.49. The van der Waals surface area contributed by atoms with E-state index in [1.807, 2.05) is 0 Å². The highest BCUT2D eigenvalue weighted by molar-refractivity contribution is 7.90. The van der Waals surface area contributed by atoms with Crippen molar-refractivity contribution in [2.75, 3.05) is 31.7 Å². The number of rotatable bonds is 2. The average molecular weight is 193 g/mol. The van der Waals surface area contributed by atoms with Gasteiger partial charge in [-0.25, -0.2) is 8.42 Å². The van der Waals surface area contributed by atoms with Crippen molar-refractivity contribution in [2.45, 2.75) is 12.5 Å². The standard InChI is InChI=1S/C7H15NO3S/c1-12(9,10)6-7-2-3-8-4-5-11-7/h7-8H,2-6H2,1H3. The van der Waals surface area contributed by atoms with E-state index >= 15 is 0 Å². The summed E-state index contributed by atoms with van der Waals surface area (Å²) < 4.78 is 27.2. The molecule has 0 aromatic heterocycles. The maximum Gasteiger partial charge on any atom is 0.150 e. The molecule has 12 heavy (non-hydrogen) atoms. The Labute approximate surface area is 73.2 Å². The first-order valence-corrected chi connectivity index (χ1v) is 6.14. The maximum absolute atomic E-state index is 10.9. The SMILES string of the molecule is CS(=O)(=O)CC1CCNCCO1. The van der Waals surface area contributed by atoms with Gasteiger partial charge in [0.15, 0.2) is 0 Å². The predicted octanol–water partition coefficient (Wildman–Crippen LogP) is -0.590. The van der Waals surface area contributed by atoms with Gasteiger partial charge in [-0.2, -0.15) is 0 Å². The largest absolute Gasteiger partial charge is 0.376 e. The summed E-state index contributed by atoms with van der Waals surface area (Å²) in [5.41, 5.74) is 0. The molecule has 0 spiro atoms. The number of hydrogen-bond acceptors (Lipinski definition) is 4. The molecular weight excluding hydrogens is 178 g/mol. The lowest BCUT2D eigenvalue weighted by Gasteiger charge is -2.12. The molecule has 1 heterocycles. The highest BCUT2D eigenvalue weighted by Gasteiger charge is 2.17. The number of nitrogens with one attached hydrogen (secondary N) is 1. The van der Waals surface area contributed by atoms with Crippen molar-refractivity contribution in [3.8, 4) is 0 Å². The van der Waals surface area contributed by atoms with Crippen LogP contribution in [0.15, 0.2) is 0 Å². The molecule has 1 rings (SSSR count). The monoisotopic (exact) mass is 193 g/mol. The van der Waals surface area contributed by atoms with E-state index in [0.717, 1.165) is 19.5 Å². The predicted molar refractivity (Wildman–Crippen MR) is 46.9 cm³/mol. The van der Waals surface area contributed by atoms with Gasteiger partial charge in [0.1, 0.15) is 9.84 Å². The van der Waals surface area contributed by atoms with Crippen LogP contribution in [0, 0.1) is 0 Å². The second-order valence-electron chi connectivity index (χ2n) is 3.12. The molecule has 0 saturated carbocycles.